The third-order valence-electron chi connectivity index (χ3n) is 4.56. The van der Waals surface area contributed by atoms with Crippen molar-refractivity contribution in [3.63, 3.8) is 0 Å². The highest BCUT2D eigenvalue weighted by Crippen LogP contribution is 2.25. The zero-order valence-corrected chi connectivity index (χ0v) is 18.2. The fraction of sp³-hybridized carbons (Fsp3) is 0.190. The van der Waals surface area contributed by atoms with E-state index in [1.165, 1.54) is 28.7 Å². The lowest BCUT2D eigenvalue weighted by molar-refractivity contribution is -0.115. The fourth-order valence-corrected chi connectivity index (χ4v) is 4.56. The molecule has 0 aliphatic carbocycles. The first-order valence-electron chi connectivity index (χ1n) is 9.36. The van der Waals surface area contributed by atoms with Gasteiger partial charge in [-0.1, -0.05) is 42.1 Å². The minimum Gasteiger partial charge on any atom is -0.326 e. The van der Waals surface area contributed by atoms with Crippen molar-refractivity contribution in [1.29, 1.82) is 0 Å². The Kier molecular flexibility index (Phi) is 6.20. The minimum absolute atomic E-state index is 0.0754. The Balaban J connectivity index is 1.38. The van der Waals surface area contributed by atoms with Crippen LogP contribution in [0.4, 0.5) is 5.69 Å². The Morgan fingerprint density at radius 2 is 1.97 bits per heavy atom. The molecule has 0 spiro atoms. The molecule has 0 fully saturated rings. The SMILES string of the molecule is Cc1cccc(-n2nnnc2SCc2csc(CC(=O)Nc3ccccc3)n2)c1C. The number of anilines is 1. The van der Waals surface area contributed by atoms with E-state index >= 15 is 0 Å². The van der Waals surface area contributed by atoms with Crippen molar-refractivity contribution >= 4 is 34.7 Å². The zero-order valence-electron chi connectivity index (χ0n) is 16.6. The Bertz CT molecular complexity index is 1160. The van der Waals surface area contributed by atoms with Crippen molar-refractivity contribution < 1.29 is 4.79 Å². The lowest BCUT2D eigenvalue weighted by Gasteiger charge is -2.09. The third kappa shape index (κ3) is 4.74. The van der Waals surface area contributed by atoms with Crippen molar-refractivity contribution in [2.45, 2.75) is 31.2 Å². The lowest BCUT2D eigenvalue weighted by Crippen LogP contribution is -2.14. The number of nitrogens with one attached hydrogen (secondary N) is 1. The number of benzene rings is 2. The molecule has 152 valence electrons. The van der Waals surface area contributed by atoms with E-state index in [0.717, 1.165) is 27.6 Å². The van der Waals surface area contributed by atoms with Crippen LogP contribution in [0.25, 0.3) is 5.69 Å². The lowest BCUT2D eigenvalue weighted by atomic mass is 10.1. The summed E-state index contributed by atoms with van der Waals surface area (Å²) in [5.41, 5.74) is 5.00. The van der Waals surface area contributed by atoms with Crippen LogP contribution in [0.2, 0.25) is 0 Å². The largest absolute Gasteiger partial charge is 0.326 e. The van der Waals surface area contributed by atoms with E-state index in [0.29, 0.717) is 10.9 Å². The Morgan fingerprint density at radius 1 is 1.13 bits per heavy atom. The predicted molar refractivity (Wildman–Crippen MR) is 119 cm³/mol. The van der Waals surface area contributed by atoms with Crippen molar-refractivity contribution in [2.75, 3.05) is 5.32 Å². The van der Waals surface area contributed by atoms with Crippen LogP contribution in [0.15, 0.2) is 59.1 Å². The quantitative estimate of drug-likeness (QED) is 0.437. The van der Waals surface area contributed by atoms with E-state index in [2.05, 4.69) is 45.7 Å². The van der Waals surface area contributed by atoms with Gasteiger partial charge in [0.05, 0.1) is 17.8 Å². The van der Waals surface area contributed by atoms with Gasteiger partial charge in [-0.3, -0.25) is 4.79 Å². The number of carbonyl (C=O) groups is 1. The summed E-state index contributed by atoms with van der Waals surface area (Å²) < 4.78 is 1.76. The number of carbonyl (C=O) groups excluding carboxylic acids is 1. The zero-order chi connectivity index (χ0) is 20.9. The molecule has 7 nitrogen and oxygen atoms in total. The number of thioether (sulfide) groups is 1. The van der Waals surface area contributed by atoms with Crippen molar-refractivity contribution in [2.24, 2.45) is 0 Å². The maximum atomic E-state index is 12.2. The molecule has 0 bridgehead atoms. The molecule has 0 saturated heterocycles. The van der Waals surface area contributed by atoms with Crippen LogP contribution >= 0.6 is 23.1 Å². The molecular weight excluding hydrogens is 416 g/mol. The number of rotatable bonds is 7. The highest BCUT2D eigenvalue weighted by Gasteiger charge is 2.14. The summed E-state index contributed by atoms with van der Waals surface area (Å²) in [5.74, 6) is 0.552. The Labute approximate surface area is 182 Å². The molecule has 2 aromatic carbocycles. The van der Waals surface area contributed by atoms with Crippen LogP contribution in [-0.4, -0.2) is 31.1 Å². The molecule has 30 heavy (non-hydrogen) atoms. The normalized spacial score (nSPS) is 10.9. The molecule has 0 unspecified atom stereocenters. The van der Waals surface area contributed by atoms with Crippen LogP contribution in [0, 0.1) is 13.8 Å². The molecule has 2 heterocycles. The molecule has 0 saturated carbocycles. The monoisotopic (exact) mass is 436 g/mol. The van der Waals surface area contributed by atoms with E-state index in [4.69, 9.17) is 0 Å². The van der Waals surface area contributed by atoms with Crippen LogP contribution in [0.3, 0.4) is 0 Å². The van der Waals surface area contributed by atoms with Crippen molar-refractivity contribution in [3.8, 4) is 5.69 Å². The number of amides is 1. The van der Waals surface area contributed by atoms with Gasteiger partial charge in [-0.05, 0) is 53.6 Å². The topological polar surface area (TPSA) is 85.6 Å². The van der Waals surface area contributed by atoms with E-state index in [9.17, 15) is 4.79 Å². The second kappa shape index (κ2) is 9.19. The minimum atomic E-state index is -0.0754. The number of tetrazole rings is 1. The molecule has 1 N–H and O–H groups in total. The van der Waals surface area contributed by atoms with Crippen LogP contribution in [0.5, 0.6) is 0 Å². The Hall–Kier alpha value is -3.04. The number of para-hydroxylation sites is 1. The van der Waals surface area contributed by atoms with Gasteiger partial charge < -0.3 is 5.32 Å². The fourth-order valence-electron chi connectivity index (χ4n) is 2.88. The van der Waals surface area contributed by atoms with Gasteiger partial charge in [0.25, 0.3) is 0 Å². The molecule has 0 radical (unpaired) electrons. The summed E-state index contributed by atoms with van der Waals surface area (Å²) in [6.45, 7) is 4.13. The van der Waals surface area contributed by atoms with E-state index in [1.807, 2.05) is 47.8 Å². The third-order valence-corrected chi connectivity index (χ3v) is 6.41. The molecule has 0 aliphatic rings. The molecule has 0 atom stereocenters. The predicted octanol–water partition coefficient (Wildman–Crippen LogP) is 4.21. The molecule has 4 aromatic rings. The van der Waals surface area contributed by atoms with Crippen molar-refractivity contribution in [1.82, 2.24) is 25.2 Å². The summed E-state index contributed by atoms with van der Waals surface area (Å²) >= 11 is 3.01. The van der Waals surface area contributed by atoms with Gasteiger partial charge in [-0.2, -0.15) is 4.68 Å². The van der Waals surface area contributed by atoms with Gasteiger partial charge in [0.15, 0.2) is 0 Å². The first-order valence-corrected chi connectivity index (χ1v) is 11.2. The van der Waals surface area contributed by atoms with E-state index in [-0.39, 0.29) is 12.3 Å². The van der Waals surface area contributed by atoms with Crippen molar-refractivity contribution in [3.05, 3.63) is 75.7 Å². The molecular formula is C21H20N6OS2. The van der Waals surface area contributed by atoms with Gasteiger partial charge in [0.1, 0.15) is 5.01 Å². The number of hydrogen-bond acceptors (Lipinski definition) is 7. The highest BCUT2D eigenvalue weighted by atomic mass is 32.2. The number of nitrogens with zero attached hydrogens (tertiary/aromatic N) is 5. The summed E-state index contributed by atoms with van der Waals surface area (Å²) in [4.78, 5) is 16.8. The summed E-state index contributed by atoms with van der Waals surface area (Å²) in [7, 11) is 0. The van der Waals surface area contributed by atoms with Crippen LogP contribution in [-0.2, 0) is 17.0 Å². The van der Waals surface area contributed by atoms with Gasteiger partial charge in [-0.25, -0.2) is 4.98 Å². The number of thiazole rings is 1. The van der Waals surface area contributed by atoms with Gasteiger partial charge in [0.2, 0.25) is 11.1 Å². The smallest absolute Gasteiger partial charge is 0.231 e. The first kappa shape index (κ1) is 20.2. The van der Waals surface area contributed by atoms with Gasteiger partial charge >= 0.3 is 0 Å². The Morgan fingerprint density at radius 3 is 2.80 bits per heavy atom. The second-order valence-corrected chi connectivity index (χ2v) is 8.59. The molecule has 4 rings (SSSR count). The summed E-state index contributed by atoms with van der Waals surface area (Å²) in [5, 5.41) is 18.5. The van der Waals surface area contributed by atoms with Gasteiger partial charge in [0, 0.05) is 16.8 Å². The van der Waals surface area contributed by atoms with Gasteiger partial charge in [-0.15, -0.1) is 16.4 Å². The summed E-state index contributed by atoms with van der Waals surface area (Å²) in [6, 6.07) is 15.5. The number of aryl methyl sites for hydroxylation is 1. The maximum Gasteiger partial charge on any atom is 0.231 e. The molecule has 0 aliphatic heterocycles. The maximum absolute atomic E-state index is 12.2. The molecule has 9 heteroatoms. The number of hydrogen-bond donors (Lipinski definition) is 1. The molecule has 1 amide bonds. The average Bonchev–Trinajstić information content (AvgIpc) is 3.38. The van der Waals surface area contributed by atoms with Crippen LogP contribution in [0.1, 0.15) is 21.8 Å². The average molecular weight is 437 g/mol. The summed E-state index contributed by atoms with van der Waals surface area (Å²) in [6.07, 6.45) is 0.254. The van der Waals surface area contributed by atoms with E-state index < -0.39 is 0 Å². The second-order valence-electron chi connectivity index (χ2n) is 6.70. The van der Waals surface area contributed by atoms with Crippen LogP contribution < -0.4 is 5.32 Å². The molecule has 2 aromatic heterocycles. The standard InChI is InChI=1S/C21H20N6OS2/c1-14-7-6-10-18(15(14)2)27-21(24-25-26-27)30-13-17-12-29-20(23-17)11-19(28)22-16-8-4-3-5-9-16/h3-10,12H,11,13H2,1-2H3,(H,22,28). The van der Waals surface area contributed by atoms with E-state index in [1.54, 1.807) is 4.68 Å². The first-order chi connectivity index (χ1) is 14.6. The number of aromatic nitrogens is 5. The highest BCUT2D eigenvalue weighted by molar-refractivity contribution is 7.98.